The molecule has 0 unspecified atom stereocenters. The van der Waals surface area contributed by atoms with Crippen molar-refractivity contribution in [3.8, 4) is 0 Å². The van der Waals surface area contributed by atoms with E-state index in [9.17, 15) is 14.4 Å². The Bertz CT molecular complexity index is 768. The smallest absolute Gasteiger partial charge is 0.329 e. The predicted molar refractivity (Wildman–Crippen MR) is 106 cm³/mol. The molecule has 2 saturated heterocycles. The number of carboxylic acid groups (broad SMARTS) is 1. The lowest BCUT2D eigenvalue weighted by molar-refractivity contribution is -0.141. The van der Waals surface area contributed by atoms with Crippen molar-refractivity contribution in [2.45, 2.75) is 18.9 Å². The van der Waals surface area contributed by atoms with Gasteiger partial charge in [-0.1, -0.05) is 23.7 Å². The number of ketones is 1. The van der Waals surface area contributed by atoms with Crippen molar-refractivity contribution in [3.63, 3.8) is 0 Å². The summed E-state index contributed by atoms with van der Waals surface area (Å²) >= 11 is 7.35. The van der Waals surface area contributed by atoms with Gasteiger partial charge in [0.1, 0.15) is 6.61 Å². The van der Waals surface area contributed by atoms with Gasteiger partial charge in [0, 0.05) is 31.8 Å². The van der Waals surface area contributed by atoms with Crippen LogP contribution in [0.5, 0.6) is 0 Å². The molecule has 3 N–H and O–H groups in total. The highest BCUT2D eigenvalue weighted by molar-refractivity contribution is 8.18. The number of carbonyl (C=O) groups is 3. The fourth-order valence-electron chi connectivity index (χ4n) is 2.78. The number of halogens is 1. The van der Waals surface area contributed by atoms with E-state index in [-0.39, 0.29) is 30.0 Å². The summed E-state index contributed by atoms with van der Waals surface area (Å²) in [5, 5.41) is 8.33. The molecule has 2 heterocycles. The molecule has 0 aliphatic carbocycles. The molecule has 0 aromatic heterocycles. The largest absolute Gasteiger partial charge is 0.480 e. The number of anilines is 1. The number of methoxy groups -OCH3 is 1. The molecule has 1 atom stereocenters. The maximum atomic E-state index is 11.8. The van der Waals surface area contributed by atoms with Crippen molar-refractivity contribution in [1.82, 2.24) is 0 Å². The molecule has 1 aromatic carbocycles. The van der Waals surface area contributed by atoms with Crippen LogP contribution in [0.1, 0.15) is 18.4 Å². The number of nitrogens with two attached hydrogens (primary N) is 1. The summed E-state index contributed by atoms with van der Waals surface area (Å²) in [5.74, 6) is -1.05. The molecule has 0 saturated carbocycles. The van der Waals surface area contributed by atoms with Gasteiger partial charge in [0.2, 0.25) is 5.12 Å². The van der Waals surface area contributed by atoms with Gasteiger partial charge in [0.25, 0.3) is 0 Å². The normalized spacial score (nSPS) is 20.8. The van der Waals surface area contributed by atoms with Gasteiger partial charge in [-0.2, -0.15) is 0 Å². The first-order valence-corrected chi connectivity index (χ1v) is 9.46. The average Bonchev–Trinajstić information content (AvgIpc) is 3.13. The second kappa shape index (κ2) is 9.89. The van der Waals surface area contributed by atoms with Gasteiger partial charge in [-0.15, -0.1) is 0 Å². The molecular formula is C18H21ClN2O5S. The zero-order chi connectivity index (χ0) is 20.0. The fourth-order valence-corrected chi connectivity index (χ4v) is 3.90. The summed E-state index contributed by atoms with van der Waals surface area (Å²) in [6.07, 6.45) is 2.68. The van der Waals surface area contributed by atoms with Crippen molar-refractivity contribution in [2.75, 3.05) is 31.7 Å². The number of ether oxygens (including phenoxy) is 1. The highest BCUT2D eigenvalue weighted by Crippen LogP contribution is 2.37. The molecule has 2 aliphatic heterocycles. The minimum absolute atomic E-state index is 0.0129. The number of para-hydroxylation sites is 1. The quantitative estimate of drug-likeness (QED) is 0.571. The zero-order valence-corrected chi connectivity index (χ0v) is 16.4. The second-order valence-electron chi connectivity index (χ2n) is 6.08. The number of carboxylic acids is 1. The summed E-state index contributed by atoms with van der Waals surface area (Å²) in [7, 11) is 1.34. The van der Waals surface area contributed by atoms with E-state index >= 15 is 0 Å². The van der Waals surface area contributed by atoms with Crippen molar-refractivity contribution in [3.05, 3.63) is 33.7 Å². The van der Waals surface area contributed by atoms with Gasteiger partial charge in [-0.3, -0.25) is 9.59 Å². The lowest BCUT2D eigenvalue weighted by atomic mass is 10.1. The molecular weight excluding hydrogens is 392 g/mol. The Hall–Kier alpha value is -1.87. The number of Topliss-reactive ketones (excluding diaryl/α,β-unsaturated/α-hetero) is 1. The van der Waals surface area contributed by atoms with Crippen molar-refractivity contribution in [1.29, 1.82) is 0 Å². The van der Waals surface area contributed by atoms with Crippen molar-refractivity contribution < 1.29 is 24.2 Å². The van der Waals surface area contributed by atoms with E-state index in [0.717, 1.165) is 42.5 Å². The van der Waals surface area contributed by atoms with E-state index in [1.54, 1.807) is 6.08 Å². The lowest BCUT2D eigenvalue weighted by Crippen LogP contribution is -2.26. The number of aliphatic carboxylic acids is 1. The number of hydrogen-bond acceptors (Lipinski definition) is 7. The topological polar surface area (TPSA) is 110 Å². The van der Waals surface area contributed by atoms with Crippen LogP contribution < -0.4 is 10.6 Å². The lowest BCUT2D eigenvalue weighted by Gasteiger charge is -2.22. The van der Waals surface area contributed by atoms with Crippen LogP contribution in [0.4, 0.5) is 5.69 Å². The van der Waals surface area contributed by atoms with Gasteiger partial charge in [0.05, 0.1) is 22.0 Å². The number of benzene rings is 1. The maximum absolute atomic E-state index is 11.8. The van der Waals surface area contributed by atoms with Crippen LogP contribution in [0.2, 0.25) is 5.02 Å². The van der Waals surface area contributed by atoms with Crippen LogP contribution in [0.3, 0.4) is 0 Å². The molecule has 146 valence electrons. The third-order valence-electron chi connectivity index (χ3n) is 3.92. The minimum atomic E-state index is -0.933. The van der Waals surface area contributed by atoms with Gasteiger partial charge in [-0.25, -0.2) is 4.79 Å². The van der Waals surface area contributed by atoms with Gasteiger partial charge < -0.3 is 20.5 Å². The first kappa shape index (κ1) is 21.4. The Kier molecular flexibility index (Phi) is 7.85. The van der Waals surface area contributed by atoms with E-state index in [4.69, 9.17) is 22.4 Å². The molecule has 7 nitrogen and oxygen atoms in total. The number of hydrogen-bond donors (Lipinski definition) is 2. The Morgan fingerprint density at radius 2 is 2.22 bits per heavy atom. The number of allylic oxidation sites excluding steroid dienone is 1. The van der Waals surface area contributed by atoms with Crippen LogP contribution in [0, 0.1) is 0 Å². The maximum Gasteiger partial charge on any atom is 0.329 e. The number of rotatable bonds is 4. The summed E-state index contributed by atoms with van der Waals surface area (Å²) < 4.78 is 4.20. The SMILES string of the molecule is COCC(=O)O.N[C@H]1CCN(c2c(Cl)cccc2/C=C2\SC(=O)CC2=O)C1. The zero-order valence-electron chi connectivity index (χ0n) is 14.8. The summed E-state index contributed by atoms with van der Waals surface area (Å²) in [6.45, 7) is 1.39. The molecule has 2 fully saturated rings. The van der Waals surface area contributed by atoms with Gasteiger partial charge in [0.15, 0.2) is 5.78 Å². The van der Waals surface area contributed by atoms with Crippen molar-refractivity contribution >= 4 is 52.0 Å². The monoisotopic (exact) mass is 412 g/mol. The van der Waals surface area contributed by atoms with Gasteiger partial charge >= 0.3 is 5.97 Å². The Morgan fingerprint density at radius 3 is 2.70 bits per heavy atom. The molecule has 0 bridgehead atoms. The highest BCUT2D eigenvalue weighted by Gasteiger charge is 2.27. The molecule has 0 radical (unpaired) electrons. The Labute approximate surface area is 166 Å². The molecule has 1 aromatic rings. The summed E-state index contributed by atoms with van der Waals surface area (Å²) in [4.78, 5) is 35.2. The van der Waals surface area contributed by atoms with E-state index in [1.807, 2.05) is 18.2 Å². The average molecular weight is 413 g/mol. The minimum Gasteiger partial charge on any atom is -0.480 e. The Morgan fingerprint density at radius 1 is 1.48 bits per heavy atom. The standard InChI is InChI=1S/C15H15ClN2O2S.C3H6O3/c16-11-3-1-2-9(6-13-12(19)7-14(20)21-13)15(11)18-5-4-10(17)8-18;1-6-2-3(4)5/h1-3,6,10H,4-5,7-8,17H2;2H2,1H3,(H,4,5)/b13-6-;/t10-;/m0./s1. The van der Waals surface area contributed by atoms with E-state index in [0.29, 0.717) is 9.93 Å². The van der Waals surface area contributed by atoms with Crippen LogP contribution in [0.15, 0.2) is 23.1 Å². The molecule has 27 heavy (non-hydrogen) atoms. The first-order valence-electron chi connectivity index (χ1n) is 8.27. The molecule has 9 heteroatoms. The number of nitrogens with zero attached hydrogens (tertiary/aromatic N) is 1. The third kappa shape index (κ3) is 6.07. The predicted octanol–water partition coefficient (Wildman–Crippen LogP) is 2.17. The summed E-state index contributed by atoms with van der Waals surface area (Å²) in [5.41, 5.74) is 7.72. The third-order valence-corrected chi connectivity index (χ3v) is 5.16. The molecule has 2 aliphatic rings. The van der Waals surface area contributed by atoms with Crippen LogP contribution in [0.25, 0.3) is 6.08 Å². The number of thioether (sulfide) groups is 1. The second-order valence-corrected chi connectivity index (χ2v) is 7.59. The van der Waals surface area contributed by atoms with Crippen molar-refractivity contribution in [2.24, 2.45) is 5.73 Å². The van der Waals surface area contributed by atoms with Gasteiger partial charge in [-0.05, 0) is 30.3 Å². The molecule has 0 amide bonds. The van der Waals surface area contributed by atoms with E-state index < -0.39 is 5.97 Å². The van der Waals surface area contributed by atoms with E-state index in [2.05, 4.69) is 9.64 Å². The first-order chi connectivity index (χ1) is 12.8. The van der Waals surface area contributed by atoms with Crippen LogP contribution in [-0.2, 0) is 19.1 Å². The van der Waals surface area contributed by atoms with E-state index in [1.165, 1.54) is 7.11 Å². The molecule has 3 rings (SSSR count). The fraction of sp³-hybridized carbons (Fsp3) is 0.389. The summed E-state index contributed by atoms with van der Waals surface area (Å²) in [6, 6.07) is 5.73. The van der Waals surface area contributed by atoms with Crippen LogP contribution in [-0.4, -0.2) is 54.8 Å². The van der Waals surface area contributed by atoms with Crippen LogP contribution >= 0.6 is 23.4 Å². The molecule has 0 spiro atoms. The highest BCUT2D eigenvalue weighted by atomic mass is 35.5. The Balaban J connectivity index is 0.000000380. The number of carbonyl (C=O) groups excluding carboxylic acids is 2.